The summed E-state index contributed by atoms with van der Waals surface area (Å²) in [6.45, 7) is 0. The summed E-state index contributed by atoms with van der Waals surface area (Å²) >= 11 is 0. The Hall–Kier alpha value is -6.85. The zero-order chi connectivity index (χ0) is 33.0. The molecule has 0 bridgehead atoms. The fraction of sp³-hybridized carbons (Fsp3) is 0. The van der Waals surface area contributed by atoms with Crippen LogP contribution in [-0.2, 0) is 0 Å². The van der Waals surface area contributed by atoms with Crippen molar-refractivity contribution in [2.75, 3.05) is 0 Å². The van der Waals surface area contributed by atoms with Crippen molar-refractivity contribution in [3.63, 3.8) is 0 Å². The minimum absolute atomic E-state index is 0.584. The summed E-state index contributed by atoms with van der Waals surface area (Å²) in [7, 11) is 0. The summed E-state index contributed by atoms with van der Waals surface area (Å²) in [6.07, 6.45) is 0. The molecular weight excluding hydrogens is 615 g/mol. The molecule has 50 heavy (non-hydrogen) atoms. The van der Waals surface area contributed by atoms with Gasteiger partial charge in [-0.1, -0.05) is 133 Å². The molecule has 0 atom stereocenters. The van der Waals surface area contributed by atoms with Crippen LogP contribution >= 0.6 is 0 Å². The van der Waals surface area contributed by atoms with Crippen LogP contribution < -0.4 is 0 Å². The molecule has 3 heterocycles. The van der Waals surface area contributed by atoms with E-state index in [0.29, 0.717) is 17.5 Å². The number of rotatable bonds is 5. The summed E-state index contributed by atoms with van der Waals surface area (Å²) in [5.41, 5.74) is 10.5. The van der Waals surface area contributed by atoms with Crippen molar-refractivity contribution in [1.29, 1.82) is 0 Å². The van der Waals surface area contributed by atoms with E-state index < -0.39 is 0 Å². The fourth-order valence-corrected chi connectivity index (χ4v) is 6.85. The third kappa shape index (κ3) is 4.75. The van der Waals surface area contributed by atoms with E-state index in [1.165, 1.54) is 0 Å². The van der Waals surface area contributed by atoms with Crippen molar-refractivity contribution in [2.24, 2.45) is 0 Å². The number of aromatic nitrogens is 3. The van der Waals surface area contributed by atoms with E-state index in [9.17, 15) is 0 Å². The van der Waals surface area contributed by atoms with E-state index in [-0.39, 0.29) is 0 Å². The van der Waals surface area contributed by atoms with Crippen molar-refractivity contribution < 1.29 is 8.83 Å². The maximum Gasteiger partial charge on any atom is 0.164 e. The Kier molecular flexibility index (Phi) is 6.42. The lowest BCUT2D eigenvalue weighted by Gasteiger charge is -2.09. The van der Waals surface area contributed by atoms with Gasteiger partial charge in [0.1, 0.15) is 22.3 Å². The van der Waals surface area contributed by atoms with Crippen LogP contribution in [-0.4, -0.2) is 15.0 Å². The molecule has 3 aromatic heterocycles. The standard InChI is InChI=1S/C45H27N3O2/c1-3-10-28(11-4-1)29-18-20-31(21-19-29)44-46-43(30-12-5-2-6-13-30)47-45(48-44)33-22-24-36-38-26-32(23-25-40(38)49-41(36)27-33)34-15-9-16-37-35-14-7-8-17-39(35)50-42(34)37/h1-27H. The Bertz CT molecular complexity index is 2850. The van der Waals surface area contributed by atoms with Gasteiger partial charge < -0.3 is 8.83 Å². The van der Waals surface area contributed by atoms with Crippen molar-refractivity contribution in [3.8, 4) is 56.4 Å². The van der Waals surface area contributed by atoms with Crippen molar-refractivity contribution in [3.05, 3.63) is 164 Å². The molecule has 0 spiro atoms. The lowest BCUT2D eigenvalue weighted by molar-refractivity contribution is 0.668. The number of para-hydroxylation sites is 2. The number of nitrogens with zero attached hydrogens (tertiary/aromatic N) is 3. The van der Waals surface area contributed by atoms with E-state index in [4.69, 9.17) is 23.8 Å². The quantitative estimate of drug-likeness (QED) is 0.187. The van der Waals surface area contributed by atoms with Crippen LogP contribution in [0.4, 0.5) is 0 Å². The summed E-state index contributed by atoms with van der Waals surface area (Å²) in [6, 6.07) is 55.8. The number of benzene rings is 7. The molecule has 0 aliphatic heterocycles. The molecule has 0 saturated carbocycles. The first-order chi connectivity index (χ1) is 24.7. The summed E-state index contributed by atoms with van der Waals surface area (Å²) < 4.78 is 12.8. The van der Waals surface area contributed by atoms with Crippen LogP contribution in [0.15, 0.2) is 173 Å². The monoisotopic (exact) mass is 641 g/mol. The second kappa shape index (κ2) is 11.4. The first kappa shape index (κ1) is 28.2. The predicted octanol–water partition coefficient (Wildman–Crippen LogP) is 12.0. The Morgan fingerprint density at radius 3 is 1.62 bits per heavy atom. The van der Waals surface area contributed by atoms with Gasteiger partial charge in [-0.3, -0.25) is 0 Å². The molecular formula is C45H27N3O2. The highest BCUT2D eigenvalue weighted by molar-refractivity contribution is 6.11. The maximum absolute atomic E-state index is 6.43. The first-order valence-electron chi connectivity index (χ1n) is 16.6. The van der Waals surface area contributed by atoms with Crippen LogP contribution in [0.2, 0.25) is 0 Å². The molecule has 0 aliphatic carbocycles. The molecule has 7 aromatic carbocycles. The van der Waals surface area contributed by atoms with E-state index in [0.717, 1.165) is 82.8 Å². The predicted molar refractivity (Wildman–Crippen MR) is 202 cm³/mol. The van der Waals surface area contributed by atoms with Crippen molar-refractivity contribution in [1.82, 2.24) is 15.0 Å². The van der Waals surface area contributed by atoms with Crippen molar-refractivity contribution in [2.45, 2.75) is 0 Å². The Morgan fingerprint density at radius 1 is 0.300 bits per heavy atom. The van der Waals surface area contributed by atoms with Crippen LogP contribution in [0.25, 0.3) is 100 Å². The van der Waals surface area contributed by atoms with Crippen LogP contribution in [0.5, 0.6) is 0 Å². The molecule has 5 heteroatoms. The average molecular weight is 642 g/mol. The molecule has 234 valence electrons. The fourth-order valence-electron chi connectivity index (χ4n) is 6.85. The SMILES string of the molecule is c1ccc(-c2ccc(-c3nc(-c4ccccc4)nc(-c4ccc5c(c4)oc4ccc(-c6cccc7c6oc6ccccc67)cc45)n3)cc2)cc1. The number of furan rings is 2. The first-order valence-corrected chi connectivity index (χ1v) is 16.6. The molecule has 0 fully saturated rings. The van der Waals surface area contributed by atoms with Crippen molar-refractivity contribution >= 4 is 43.9 Å². The smallest absolute Gasteiger partial charge is 0.164 e. The average Bonchev–Trinajstić information content (AvgIpc) is 3.76. The second-order valence-corrected chi connectivity index (χ2v) is 12.4. The molecule has 0 saturated heterocycles. The summed E-state index contributed by atoms with van der Waals surface area (Å²) in [5, 5.41) is 4.29. The number of hydrogen-bond donors (Lipinski definition) is 0. The minimum Gasteiger partial charge on any atom is -0.456 e. The molecule has 0 radical (unpaired) electrons. The van der Waals surface area contributed by atoms with E-state index in [1.807, 2.05) is 78.9 Å². The highest BCUT2D eigenvalue weighted by Gasteiger charge is 2.17. The highest BCUT2D eigenvalue weighted by Crippen LogP contribution is 2.39. The largest absolute Gasteiger partial charge is 0.456 e. The molecule has 5 nitrogen and oxygen atoms in total. The van der Waals surface area contributed by atoms with Gasteiger partial charge in [0.05, 0.1) is 0 Å². The number of fused-ring (bicyclic) bond motifs is 6. The van der Waals surface area contributed by atoms with Gasteiger partial charge in [-0.05, 0) is 47.0 Å². The zero-order valence-electron chi connectivity index (χ0n) is 26.7. The third-order valence-electron chi connectivity index (χ3n) is 9.36. The molecule has 0 aliphatic rings. The molecule has 10 rings (SSSR count). The van der Waals surface area contributed by atoms with E-state index in [2.05, 4.69) is 84.9 Å². The topological polar surface area (TPSA) is 65.0 Å². The van der Waals surface area contributed by atoms with Gasteiger partial charge in [0.2, 0.25) is 0 Å². The Labute approximate surface area is 287 Å². The van der Waals surface area contributed by atoms with Gasteiger partial charge in [0.25, 0.3) is 0 Å². The van der Waals surface area contributed by atoms with E-state index in [1.54, 1.807) is 0 Å². The van der Waals surface area contributed by atoms with Crippen LogP contribution in [0.3, 0.4) is 0 Å². The van der Waals surface area contributed by atoms with Crippen LogP contribution in [0.1, 0.15) is 0 Å². The summed E-state index contributed by atoms with van der Waals surface area (Å²) in [4.78, 5) is 14.9. The molecule has 0 amide bonds. The van der Waals surface area contributed by atoms with Gasteiger partial charge in [0.15, 0.2) is 17.5 Å². The zero-order valence-corrected chi connectivity index (χ0v) is 26.7. The number of hydrogen-bond acceptors (Lipinski definition) is 5. The molecule has 0 N–H and O–H groups in total. The van der Waals surface area contributed by atoms with Gasteiger partial charge >= 0.3 is 0 Å². The summed E-state index contributed by atoms with van der Waals surface area (Å²) in [5.74, 6) is 1.81. The Morgan fingerprint density at radius 2 is 0.840 bits per heavy atom. The van der Waals surface area contributed by atoms with Gasteiger partial charge in [-0.2, -0.15) is 0 Å². The highest BCUT2D eigenvalue weighted by atomic mass is 16.3. The normalized spacial score (nSPS) is 11.6. The van der Waals surface area contributed by atoms with Crippen LogP contribution in [0, 0.1) is 0 Å². The van der Waals surface area contributed by atoms with Gasteiger partial charge in [0, 0.05) is 43.8 Å². The lowest BCUT2D eigenvalue weighted by Crippen LogP contribution is -2.00. The Balaban J connectivity index is 1.07. The molecule has 10 aromatic rings. The van der Waals surface area contributed by atoms with Gasteiger partial charge in [-0.15, -0.1) is 0 Å². The third-order valence-corrected chi connectivity index (χ3v) is 9.36. The van der Waals surface area contributed by atoms with Gasteiger partial charge in [-0.25, -0.2) is 15.0 Å². The van der Waals surface area contributed by atoms with E-state index >= 15 is 0 Å². The lowest BCUT2D eigenvalue weighted by atomic mass is 10.00. The molecule has 0 unspecified atom stereocenters. The maximum atomic E-state index is 6.43. The second-order valence-electron chi connectivity index (χ2n) is 12.4. The minimum atomic E-state index is 0.584.